The van der Waals surface area contributed by atoms with Gasteiger partial charge in [0, 0.05) is 9.86 Å². The van der Waals surface area contributed by atoms with Crippen molar-refractivity contribution in [1.29, 1.82) is 0 Å². The van der Waals surface area contributed by atoms with E-state index in [2.05, 4.69) is 44.7 Å². The maximum atomic E-state index is 11.5. The van der Waals surface area contributed by atoms with Gasteiger partial charge in [-0.25, -0.2) is 4.79 Å². The first-order valence-electron chi connectivity index (χ1n) is 5.77. The molecule has 92 valence electrons. The Kier molecular flexibility index (Phi) is 2.52. The first kappa shape index (κ1) is 11.5. The Morgan fingerprint density at radius 1 is 1.22 bits per heavy atom. The second kappa shape index (κ2) is 3.95. The standard InChI is InChI=1S/C13H12BrN3O/c1-6(2)10-12-11(16-13(18)17-12)8-5-7(14)3-4-9(8)15-10/h3-6H,1-2H3,(H2,16,17,18). The molecule has 0 unspecified atom stereocenters. The second-order valence-corrected chi connectivity index (χ2v) is 5.56. The summed E-state index contributed by atoms with van der Waals surface area (Å²) in [5, 5.41) is 0.946. The average Bonchev–Trinajstić information content (AvgIpc) is 2.69. The highest BCUT2D eigenvalue weighted by Crippen LogP contribution is 2.28. The Hall–Kier alpha value is -1.62. The van der Waals surface area contributed by atoms with E-state index in [0.29, 0.717) is 0 Å². The zero-order chi connectivity index (χ0) is 12.9. The van der Waals surface area contributed by atoms with E-state index < -0.39 is 0 Å². The number of benzene rings is 1. The fraction of sp³-hybridized carbons (Fsp3) is 0.231. The van der Waals surface area contributed by atoms with Crippen molar-refractivity contribution in [2.75, 3.05) is 0 Å². The molecule has 0 aliphatic heterocycles. The predicted octanol–water partition coefficient (Wildman–Crippen LogP) is 3.29. The van der Waals surface area contributed by atoms with Crippen LogP contribution in [0.2, 0.25) is 0 Å². The largest absolute Gasteiger partial charge is 0.323 e. The lowest BCUT2D eigenvalue weighted by Crippen LogP contribution is -2.00. The number of halogens is 1. The summed E-state index contributed by atoms with van der Waals surface area (Å²) < 4.78 is 0.970. The minimum atomic E-state index is -0.193. The van der Waals surface area contributed by atoms with Gasteiger partial charge in [0.25, 0.3) is 0 Å². The number of imidazole rings is 1. The smallest absolute Gasteiger partial charge is 0.305 e. The van der Waals surface area contributed by atoms with Gasteiger partial charge in [-0.1, -0.05) is 29.8 Å². The number of aromatic nitrogens is 3. The third-order valence-corrected chi connectivity index (χ3v) is 3.49. The van der Waals surface area contributed by atoms with Crippen molar-refractivity contribution in [2.24, 2.45) is 0 Å². The van der Waals surface area contributed by atoms with Crippen molar-refractivity contribution in [3.8, 4) is 0 Å². The molecule has 4 nitrogen and oxygen atoms in total. The highest BCUT2D eigenvalue weighted by atomic mass is 79.9. The summed E-state index contributed by atoms with van der Waals surface area (Å²) in [5.74, 6) is 0.256. The highest BCUT2D eigenvalue weighted by molar-refractivity contribution is 9.10. The molecule has 0 radical (unpaired) electrons. The van der Waals surface area contributed by atoms with Crippen LogP contribution in [0, 0.1) is 0 Å². The molecule has 2 N–H and O–H groups in total. The molecule has 2 aromatic heterocycles. The Balaban J connectivity index is 2.57. The van der Waals surface area contributed by atoms with Crippen LogP contribution in [0.5, 0.6) is 0 Å². The van der Waals surface area contributed by atoms with Gasteiger partial charge in [-0.2, -0.15) is 0 Å². The summed E-state index contributed by atoms with van der Waals surface area (Å²) in [7, 11) is 0. The van der Waals surface area contributed by atoms with Crippen LogP contribution in [0.4, 0.5) is 0 Å². The SMILES string of the molecule is CC(C)c1nc2ccc(Br)cc2c2[nH]c(=O)[nH]c12. The fourth-order valence-electron chi connectivity index (χ4n) is 2.19. The molecule has 2 heterocycles. The van der Waals surface area contributed by atoms with Gasteiger partial charge in [0.2, 0.25) is 0 Å². The maximum Gasteiger partial charge on any atom is 0.323 e. The van der Waals surface area contributed by atoms with Crippen molar-refractivity contribution >= 4 is 37.9 Å². The van der Waals surface area contributed by atoms with E-state index in [0.717, 1.165) is 32.1 Å². The molecular weight excluding hydrogens is 294 g/mol. The second-order valence-electron chi connectivity index (χ2n) is 4.64. The van der Waals surface area contributed by atoms with Crippen molar-refractivity contribution in [2.45, 2.75) is 19.8 Å². The Morgan fingerprint density at radius 2 is 1.94 bits per heavy atom. The Bertz CT molecular complexity index is 801. The van der Waals surface area contributed by atoms with E-state index >= 15 is 0 Å². The number of hydrogen-bond donors (Lipinski definition) is 2. The molecule has 1 aromatic carbocycles. The van der Waals surface area contributed by atoms with E-state index in [9.17, 15) is 4.79 Å². The molecule has 0 aliphatic carbocycles. The molecule has 3 rings (SSSR count). The van der Waals surface area contributed by atoms with Crippen LogP contribution in [-0.4, -0.2) is 15.0 Å². The van der Waals surface area contributed by atoms with Gasteiger partial charge in [-0.3, -0.25) is 4.98 Å². The normalized spacial score (nSPS) is 11.8. The van der Waals surface area contributed by atoms with Crippen LogP contribution >= 0.6 is 15.9 Å². The van der Waals surface area contributed by atoms with Crippen LogP contribution < -0.4 is 5.69 Å². The quantitative estimate of drug-likeness (QED) is 0.724. The molecule has 0 spiro atoms. The number of nitrogens with zero attached hydrogens (tertiary/aromatic N) is 1. The lowest BCUT2D eigenvalue weighted by atomic mass is 10.1. The lowest BCUT2D eigenvalue weighted by Gasteiger charge is -2.08. The predicted molar refractivity (Wildman–Crippen MR) is 76.0 cm³/mol. The van der Waals surface area contributed by atoms with Crippen LogP contribution in [0.15, 0.2) is 27.5 Å². The van der Waals surface area contributed by atoms with Crippen molar-refractivity contribution in [3.63, 3.8) is 0 Å². The molecule has 0 amide bonds. The minimum Gasteiger partial charge on any atom is -0.305 e. The minimum absolute atomic E-state index is 0.193. The summed E-state index contributed by atoms with van der Waals surface area (Å²) in [6.45, 7) is 4.13. The summed E-state index contributed by atoms with van der Waals surface area (Å²) in [4.78, 5) is 21.9. The molecule has 0 atom stereocenters. The van der Waals surface area contributed by atoms with Gasteiger partial charge in [-0.05, 0) is 24.1 Å². The van der Waals surface area contributed by atoms with Gasteiger partial charge in [-0.15, -0.1) is 0 Å². The molecular formula is C13H12BrN3O. The van der Waals surface area contributed by atoms with Crippen LogP contribution in [-0.2, 0) is 0 Å². The average molecular weight is 306 g/mol. The number of pyridine rings is 1. The van der Waals surface area contributed by atoms with Gasteiger partial charge >= 0.3 is 5.69 Å². The zero-order valence-corrected chi connectivity index (χ0v) is 11.6. The number of hydrogen-bond acceptors (Lipinski definition) is 2. The third-order valence-electron chi connectivity index (χ3n) is 3.00. The summed E-state index contributed by atoms with van der Waals surface area (Å²) in [5.41, 5.74) is 3.25. The van der Waals surface area contributed by atoms with Crippen molar-refractivity contribution in [3.05, 3.63) is 38.9 Å². The Morgan fingerprint density at radius 3 is 2.67 bits per heavy atom. The molecule has 0 bridgehead atoms. The topological polar surface area (TPSA) is 61.5 Å². The number of rotatable bonds is 1. The number of aromatic amines is 2. The summed E-state index contributed by atoms with van der Waals surface area (Å²) in [6, 6.07) is 5.88. The van der Waals surface area contributed by atoms with Gasteiger partial charge in [0.05, 0.1) is 22.2 Å². The monoisotopic (exact) mass is 305 g/mol. The molecule has 0 fully saturated rings. The molecule has 3 aromatic rings. The van der Waals surface area contributed by atoms with Crippen molar-refractivity contribution in [1.82, 2.24) is 15.0 Å². The number of nitrogens with one attached hydrogen (secondary N) is 2. The van der Waals surface area contributed by atoms with E-state index in [-0.39, 0.29) is 11.6 Å². The molecule has 0 saturated heterocycles. The van der Waals surface area contributed by atoms with Crippen LogP contribution in [0.3, 0.4) is 0 Å². The molecule has 0 aliphatic rings. The Labute approximate surface area is 112 Å². The van der Waals surface area contributed by atoms with Crippen LogP contribution in [0.1, 0.15) is 25.5 Å². The van der Waals surface area contributed by atoms with Gasteiger partial charge < -0.3 is 9.97 Å². The highest BCUT2D eigenvalue weighted by Gasteiger charge is 2.13. The van der Waals surface area contributed by atoms with Gasteiger partial charge in [0.15, 0.2) is 0 Å². The zero-order valence-electron chi connectivity index (χ0n) is 10.0. The lowest BCUT2D eigenvalue weighted by molar-refractivity contribution is 0.837. The van der Waals surface area contributed by atoms with E-state index in [1.54, 1.807) is 0 Å². The number of H-pyrrole nitrogens is 2. The van der Waals surface area contributed by atoms with E-state index in [1.165, 1.54) is 0 Å². The van der Waals surface area contributed by atoms with Gasteiger partial charge in [0.1, 0.15) is 0 Å². The molecule has 0 saturated carbocycles. The third kappa shape index (κ3) is 1.66. The molecule has 18 heavy (non-hydrogen) atoms. The summed E-state index contributed by atoms with van der Waals surface area (Å²) >= 11 is 3.44. The fourth-order valence-corrected chi connectivity index (χ4v) is 2.55. The van der Waals surface area contributed by atoms with Crippen LogP contribution in [0.25, 0.3) is 21.9 Å². The maximum absolute atomic E-state index is 11.5. The van der Waals surface area contributed by atoms with Crippen molar-refractivity contribution < 1.29 is 0 Å². The summed E-state index contributed by atoms with van der Waals surface area (Å²) in [6.07, 6.45) is 0. The van der Waals surface area contributed by atoms with E-state index in [4.69, 9.17) is 0 Å². The first-order chi connectivity index (χ1) is 8.56. The number of fused-ring (bicyclic) bond motifs is 3. The molecule has 5 heteroatoms. The first-order valence-corrected chi connectivity index (χ1v) is 6.56. The van der Waals surface area contributed by atoms with E-state index in [1.807, 2.05) is 18.2 Å².